The molecule has 0 aliphatic heterocycles. The molecule has 0 saturated heterocycles. The van der Waals surface area contributed by atoms with Gasteiger partial charge in [-0.05, 0) is 223 Å². The molecule has 8 N–H and O–H groups in total. The fourth-order valence-corrected chi connectivity index (χ4v) is 17.9. The van der Waals surface area contributed by atoms with Crippen LogP contribution in [0.3, 0.4) is 0 Å². The van der Waals surface area contributed by atoms with Crippen molar-refractivity contribution in [2.75, 3.05) is 73.7 Å². The summed E-state index contributed by atoms with van der Waals surface area (Å²) in [6, 6.07) is 72.9. The SMILES string of the molecule is CC(C)(C)OC(=O)N(CC1(CN)CCC1)[C@H]1CC1c1ccccc1.COC(=O)c1ccc(C=O)cc1.COC(=O)c1ccc(CNCC2(CN(C(=O)OC(C)(C)C)[C@H]3CC3c3ccccc3)CCC2)cc1.COC(=O)c1ccc(CNCC2(CN[C@H]3CC3c3ccccc3)CCC2)cc1.O=C(O)c1ccc(CNCC2(CN[C@H]3CC3c3ccccc3)CCC2)cc1. The highest BCUT2D eigenvalue weighted by Crippen LogP contribution is 2.52. The van der Waals surface area contributed by atoms with Gasteiger partial charge >= 0.3 is 36.1 Å². The minimum atomic E-state index is -0.872. The lowest BCUT2D eigenvalue weighted by Gasteiger charge is -2.45. The number of carboxylic acid groups (broad SMARTS) is 1. The van der Waals surface area contributed by atoms with E-state index in [-0.39, 0.29) is 47.0 Å². The maximum atomic E-state index is 13.3. The molecule has 126 heavy (non-hydrogen) atoms. The van der Waals surface area contributed by atoms with Crippen LogP contribution in [0.4, 0.5) is 9.59 Å². The van der Waals surface area contributed by atoms with Crippen molar-refractivity contribution in [3.63, 3.8) is 0 Å². The number of ether oxygens (including phenoxy) is 5. The number of nitrogens with one attached hydrogen (secondary N) is 5. The van der Waals surface area contributed by atoms with Crippen LogP contribution in [0.2, 0.25) is 0 Å². The molecule has 0 radical (unpaired) electrons. The summed E-state index contributed by atoms with van der Waals surface area (Å²) in [4.78, 5) is 85.3. The summed E-state index contributed by atoms with van der Waals surface area (Å²) in [5.41, 5.74) is 17.4. The number of esters is 3. The molecule has 672 valence electrons. The van der Waals surface area contributed by atoms with Crippen molar-refractivity contribution >= 4 is 42.3 Å². The second-order valence-corrected chi connectivity index (χ2v) is 38.4. The molecule has 21 nitrogen and oxygen atoms in total. The van der Waals surface area contributed by atoms with Crippen LogP contribution in [0, 0.1) is 21.7 Å². The van der Waals surface area contributed by atoms with Crippen LogP contribution in [0.1, 0.15) is 259 Å². The molecule has 0 aromatic heterocycles. The van der Waals surface area contributed by atoms with Gasteiger partial charge in [0.15, 0.2) is 0 Å². The third-order valence-electron chi connectivity index (χ3n) is 26.5. The zero-order valence-electron chi connectivity index (χ0n) is 75.4. The van der Waals surface area contributed by atoms with Gasteiger partial charge in [0.25, 0.3) is 0 Å². The average molecular weight is 1720 g/mol. The van der Waals surface area contributed by atoms with E-state index in [1.807, 2.05) is 112 Å². The molecule has 0 heterocycles. The van der Waals surface area contributed by atoms with Gasteiger partial charge in [-0.3, -0.25) is 4.79 Å². The first-order valence-corrected chi connectivity index (χ1v) is 45.4. The van der Waals surface area contributed by atoms with E-state index in [1.54, 1.807) is 48.5 Å². The van der Waals surface area contributed by atoms with E-state index in [9.17, 15) is 33.6 Å². The van der Waals surface area contributed by atoms with Crippen molar-refractivity contribution in [3.8, 4) is 0 Å². The molecule has 8 fully saturated rings. The predicted molar refractivity (Wildman–Crippen MR) is 494 cm³/mol. The number of amides is 2. The molecular formula is C105H134N8O13. The number of nitrogens with two attached hydrogens (primary N) is 1. The quantitative estimate of drug-likeness (QED) is 0.0112. The van der Waals surface area contributed by atoms with E-state index in [4.69, 9.17) is 29.8 Å². The summed E-state index contributed by atoms with van der Waals surface area (Å²) >= 11 is 0. The van der Waals surface area contributed by atoms with Crippen molar-refractivity contribution in [1.29, 1.82) is 0 Å². The number of nitrogens with zero attached hydrogens (tertiary/aromatic N) is 2. The van der Waals surface area contributed by atoms with Crippen molar-refractivity contribution in [2.24, 2.45) is 27.4 Å². The fourth-order valence-electron chi connectivity index (χ4n) is 17.9. The zero-order valence-corrected chi connectivity index (χ0v) is 75.4. The Morgan fingerprint density at radius 2 is 0.683 bits per heavy atom. The summed E-state index contributed by atoms with van der Waals surface area (Å²) in [5.74, 6) is 0.302. The molecule has 8 atom stereocenters. The topological polar surface area (TPSA) is 279 Å². The predicted octanol–water partition coefficient (Wildman–Crippen LogP) is 18.4. The van der Waals surface area contributed by atoms with E-state index in [2.05, 4.69) is 141 Å². The Hall–Kier alpha value is -10.4. The summed E-state index contributed by atoms with van der Waals surface area (Å²) in [7, 11) is 4.11. The number of aromatic carboxylic acids is 1. The largest absolute Gasteiger partial charge is 0.478 e. The summed E-state index contributed by atoms with van der Waals surface area (Å²) in [5, 5.41) is 27.5. The van der Waals surface area contributed by atoms with Crippen LogP contribution in [-0.4, -0.2) is 166 Å². The monoisotopic (exact) mass is 1720 g/mol. The van der Waals surface area contributed by atoms with Crippen LogP contribution in [0.5, 0.6) is 0 Å². The first-order valence-electron chi connectivity index (χ1n) is 45.4. The van der Waals surface area contributed by atoms with Gasteiger partial charge < -0.3 is 70.9 Å². The first-order chi connectivity index (χ1) is 60.6. The molecule has 0 bridgehead atoms. The van der Waals surface area contributed by atoms with Crippen LogP contribution >= 0.6 is 0 Å². The van der Waals surface area contributed by atoms with Gasteiger partial charge in [0.05, 0.1) is 43.6 Å². The van der Waals surface area contributed by atoms with E-state index in [0.29, 0.717) is 94.0 Å². The number of hydrogen-bond acceptors (Lipinski definition) is 18. The number of methoxy groups -OCH3 is 3. The standard InChI is InChI=1S/C29H38N2O4.C24H30N2O2.C23H28N2O2.C20H30N2O2.C9H8O3/c1-28(2,3)35-27(33)31(25-17-24(25)22-9-6-5-7-10-22)20-29(15-8-16-29)19-30-18-21-11-13-23(14-12-21)26(32)34-4;1-28-23(27)20-10-8-18(9-11-20)15-25-16-24(12-5-13-24)17-26-22-14-21(22)19-6-3-2-4-7-19;26-22(27)19-9-7-17(8-10-19)14-24-15-23(11-4-12-23)16-25-21-13-20(21)18-5-2-1-3-6-18;1-19(2,3)24-18(23)22(14-20(13-21)10-7-11-20)17-12-16(17)15-8-5-4-6-9-15;1-12-9(11)8-4-2-7(6-10)3-5-8/h5-7,9-14,24-25,30H,8,15-20H2,1-4H3;2-4,6-11,21-22,25-26H,5,12-17H2,1H3;1-3,5-10,20-21,24-25H,4,11-16H2,(H,26,27);4-6,8-9,16-17H,7,10-14,21H2,1-3H3;2-6H,1H3/t24?,25-;21?,22-;20?,21-;16?,17-;/m0000./s1. The highest BCUT2D eigenvalue weighted by molar-refractivity contribution is 5.91. The third-order valence-corrected chi connectivity index (χ3v) is 26.5. The maximum Gasteiger partial charge on any atom is 0.410 e. The van der Waals surface area contributed by atoms with Crippen molar-refractivity contribution in [3.05, 3.63) is 285 Å². The molecule has 2 amide bonds. The number of benzene rings is 8. The van der Waals surface area contributed by atoms with Gasteiger partial charge in [0, 0.05) is 130 Å². The number of aldehydes is 1. The third kappa shape index (κ3) is 27.3. The number of rotatable bonds is 34. The first kappa shape index (κ1) is 94.7. The molecule has 8 aliphatic rings. The number of carbonyl (C=O) groups excluding carboxylic acids is 6. The Balaban J connectivity index is 0.000000147. The highest BCUT2D eigenvalue weighted by atomic mass is 16.6. The fraction of sp³-hybridized carbons (Fsp3) is 0.476. The Morgan fingerprint density at radius 1 is 0.389 bits per heavy atom. The normalized spacial score (nSPS) is 21.1. The molecule has 0 spiro atoms. The maximum absolute atomic E-state index is 13.3. The smallest absolute Gasteiger partial charge is 0.410 e. The highest BCUT2D eigenvalue weighted by Gasteiger charge is 2.52. The Labute approximate surface area is 746 Å². The van der Waals surface area contributed by atoms with Gasteiger partial charge in [-0.2, -0.15) is 0 Å². The second-order valence-electron chi connectivity index (χ2n) is 38.4. The average Bonchev–Trinajstić information content (AvgIpc) is 1.59. The van der Waals surface area contributed by atoms with E-state index >= 15 is 0 Å². The summed E-state index contributed by atoms with van der Waals surface area (Å²) in [6.07, 6.45) is 19.5. The molecule has 8 aliphatic carbocycles. The van der Waals surface area contributed by atoms with Gasteiger partial charge in [0.1, 0.15) is 17.5 Å². The van der Waals surface area contributed by atoms with Crippen molar-refractivity contribution in [1.82, 2.24) is 36.4 Å². The van der Waals surface area contributed by atoms with Crippen LogP contribution in [0.15, 0.2) is 218 Å². The van der Waals surface area contributed by atoms with Crippen LogP contribution in [0.25, 0.3) is 0 Å². The number of carbonyl (C=O) groups is 7. The van der Waals surface area contributed by atoms with Gasteiger partial charge in [-0.1, -0.05) is 196 Å². The molecule has 8 aromatic carbocycles. The van der Waals surface area contributed by atoms with Crippen LogP contribution in [-0.2, 0) is 43.3 Å². The molecule has 8 aromatic rings. The van der Waals surface area contributed by atoms with E-state index in [1.165, 1.54) is 113 Å². The minimum Gasteiger partial charge on any atom is -0.478 e. The summed E-state index contributed by atoms with van der Waals surface area (Å²) < 4.78 is 25.5. The van der Waals surface area contributed by atoms with Gasteiger partial charge in [-0.15, -0.1) is 0 Å². The Kier molecular flexibility index (Phi) is 33.0. The molecule has 21 heteroatoms. The van der Waals surface area contributed by atoms with E-state index in [0.717, 1.165) is 108 Å². The number of hydrogen-bond donors (Lipinski definition) is 7. The van der Waals surface area contributed by atoms with Gasteiger partial charge in [0.2, 0.25) is 0 Å². The van der Waals surface area contributed by atoms with Gasteiger partial charge in [-0.25, -0.2) is 28.8 Å². The number of carboxylic acids is 1. The molecule has 8 saturated carbocycles. The van der Waals surface area contributed by atoms with Crippen molar-refractivity contribution in [2.45, 2.75) is 223 Å². The van der Waals surface area contributed by atoms with Crippen molar-refractivity contribution < 1.29 is 62.4 Å². The zero-order chi connectivity index (χ0) is 89.5. The lowest BCUT2D eigenvalue weighted by molar-refractivity contribution is 0.000805. The second kappa shape index (κ2) is 43.9. The Bertz CT molecular complexity index is 4790. The van der Waals surface area contributed by atoms with Crippen LogP contribution < -0.4 is 32.3 Å². The lowest BCUT2D eigenvalue weighted by Crippen LogP contribution is -2.51. The Morgan fingerprint density at radius 3 is 0.960 bits per heavy atom. The molecule has 4 unspecified atom stereocenters. The molecular weight excluding hydrogens is 1580 g/mol. The molecule has 16 rings (SSSR count). The van der Waals surface area contributed by atoms with E-state index < -0.39 is 23.1 Å². The minimum absolute atomic E-state index is 0.0622. The lowest BCUT2D eigenvalue weighted by atomic mass is 9.68. The summed E-state index contributed by atoms with van der Waals surface area (Å²) in [6.45, 7) is 21.1.